The highest BCUT2D eigenvalue weighted by atomic mass is 16.5. The number of ketones is 1. The summed E-state index contributed by atoms with van der Waals surface area (Å²) < 4.78 is 4.94. The van der Waals surface area contributed by atoms with Crippen molar-refractivity contribution in [2.24, 2.45) is 5.16 Å². The minimum Gasteiger partial charge on any atom is -0.497 e. The maximum Gasteiger partial charge on any atom is 0.210 e. The van der Waals surface area contributed by atoms with Crippen LogP contribution in [0.25, 0.3) is 0 Å². The van der Waals surface area contributed by atoms with E-state index >= 15 is 0 Å². The first-order valence-corrected chi connectivity index (χ1v) is 4.06. The highest BCUT2D eigenvalue weighted by Gasteiger charge is 2.09. The Morgan fingerprint density at radius 2 is 1.93 bits per heavy atom. The van der Waals surface area contributed by atoms with Gasteiger partial charge in [-0.05, 0) is 31.2 Å². The number of Topliss-reactive ketones (excluding diaryl/α,β-unsaturated/α-hetero) is 1. The Kier molecular flexibility index (Phi) is 3.23. The average Bonchev–Trinajstić information content (AvgIpc) is 2.27. The van der Waals surface area contributed by atoms with Gasteiger partial charge in [-0.25, -0.2) is 0 Å². The van der Waals surface area contributed by atoms with Crippen LogP contribution in [0.2, 0.25) is 0 Å². The fourth-order valence-corrected chi connectivity index (χ4v) is 0.997. The molecular weight excluding hydrogens is 182 g/mol. The molecule has 0 bridgehead atoms. The van der Waals surface area contributed by atoms with Gasteiger partial charge in [-0.3, -0.25) is 4.79 Å². The minimum absolute atomic E-state index is 0.0650. The lowest BCUT2D eigenvalue weighted by Gasteiger charge is -2.01. The zero-order valence-electron chi connectivity index (χ0n) is 8.02. The van der Waals surface area contributed by atoms with Crippen LogP contribution >= 0.6 is 0 Å². The summed E-state index contributed by atoms with van der Waals surface area (Å²) in [5.41, 5.74) is 0.538. The fourth-order valence-electron chi connectivity index (χ4n) is 0.997. The van der Waals surface area contributed by atoms with Gasteiger partial charge in [0.1, 0.15) is 11.5 Å². The lowest BCUT2D eigenvalue weighted by molar-refractivity contribution is 0.106. The molecule has 1 aromatic rings. The Labute approximate surface area is 81.8 Å². The molecule has 0 radical (unpaired) electrons. The molecule has 0 aliphatic heterocycles. The molecule has 4 nitrogen and oxygen atoms in total. The molecule has 4 heteroatoms. The van der Waals surface area contributed by atoms with E-state index in [1.165, 1.54) is 6.92 Å². The number of oxime groups is 1. The lowest BCUT2D eigenvalue weighted by Crippen LogP contribution is -2.10. The molecule has 0 aromatic heterocycles. The second-order valence-electron chi connectivity index (χ2n) is 2.74. The largest absolute Gasteiger partial charge is 0.497 e. The van der Waals surface area contributed by atoms with Gasteiger partial charge in [-0.15, -0.1) is 0 Å². The van der Waals surface area contributed by atoms with Crippen molar-refractivity contribution in [3.8, 4) is 5.75 Å². The smallest absolute Gasteiger partial charge is 0.210 e. The normalized spacial score (nSPS) is 11.1. The van der Waals surface area contributed by atoms with E-state index in [1.807, 2.05) is 0 Å². The summed E-state index contributed by atoms with van der Waals surface area (Å²) >= 11 is 0. The highest BCUT2D eigenvalue weighted by Crippen LogP contribution is 2.11. The van der Waals surface area contributed by atoms with Crippen LogP contribution < -0.4 is 4.74 Å². The first kappa shape index (κ1) is 10.2. The van der Waals surface area contributed by atoms with Crippen LogP contribution in [-0.4, -0.2) is 23.8 Å². The predicted octanol–water partition coefficient (Wildman–Crippen LogP) is 1.73. The van der Waals surface area contributed by atoms with Crippen molar-refractivity contribution in [1.29, 1.82) is 0 Å². The number of methoxy groups -OCH3 is 1. The van der Waals surface area contributed by atoms with Gasteiger partial charge in [0, 0.05) is 5.56 Å². The van der Waals surface area contributed by atoms with Crippen molar-refractivity contribution < 1.29 is 14.7 Å². The fraction of sp³-hybridized carbons (Fsp3) is 0.200. The summed E-state index contributed by atoms with van der Waals surface area (Å²) in [6, 6.07) is 6.60. The van der Waals surface area contributed by atoms with E-state index in [2.05, 4.69) is 5.16 Å². The number of carbonyl (C=O) groups is 1. The van der Waals surface area contributed by atoms with E-state index in [1.54, 1.807) is 31.4 Å². The van der Waals surface area contributed by atoms with Gasteiger partial charge in [0.05, 0.1) is 7.11 Å². The second kappa shape index (κ2) is 4.41. The van der Waals surface area contributed by atoms with Crippen molar-refractivity contribution in [1.82, 2.24) is 0 Å². The van der Waals surface area contributed by atoms with Crippen LogP contribution in [0.1, 0.15) is 17.3 Å². The summed E-state index contributed by atoms with van der Waals surface area (Å²) in [7, 11) is 1.55. The third kappa shape index (κ3) is 2.10. The maximum absolute atomic E-state index is 11.4. The topological polar surface area (TPSA) is 58.9 Å². The Hall–Kier alpha value is -1.84. The monoisotopic (exact) mass is 193 g/mol. The molecule has 1 N–H and O–H groups in total. The molecule has 0 atom stereocenters. The Bertz CT molecular complexity index is 354. The van der Waals surface area contributed by atoms with Crippen LogP contribution in [-0.2, 0) is 0 Å². The van der Waals surface area contributed by atoms with Crippen molar-refractivity contribution in [2.75, 3.05) is 7.11 Å². The molecule has 0 saturated heterocycles. The highest BCUT2D eigenvalue weighted by molar-refractivity contribution is 6.45. The molecule has 1 aromatic carbocycles. The maximum atomic E-state index is 11.4. The van der Waals surface area contributed by atoms with Crippen LogP contribution in [0.15, 0.2) is 29.4 Å². The Morgan fingerprint density at radius 3 is 2.36 bits per heavy atom. The Morgan fingerprint density at radius 1 is 1.36 bits per heavy atom. The zero-order chi connectivity index (χ0) is 10.6. The first-order chi connectivity index (χ1) is 6.69. The van der Waals surface area contributed by atoms with E-state index in [0.717, 1.165) is 0 Å². The molecule has 14 heavy (non-hydrogen) atoms. The van der Waals surface area contributed by atoms with Crippen molar-refractivity contribution in [3.63, 3.8) is 0 Å². The van der Waals surface area contributed by atoms with Gasteiger partial charge in [-0.2, -0.15) is 0 Å². The number of benzene rings is 1. The van der Waals surface area contributed by atoms with Gasteiger partial charge in [-0.1, -0.05) is 5.16 Å². The second-order valence-corrected chi connectivity index (χ2v) is 2.74. The number of nitrogens with zero attached hydrogens (tertiary/aromatic N) is 1. The molecule has 0 aliphatic carbocycles. The predicted molar refractivity (Wildman–Crippen MR) is 52.2 cm³/mol. The van der Waals surface area contributed by atoms with Gasteiger partial charge in [0.15, 0.2) is 0 Å². The number of ether oxygens (including phenoxy) is 1. The molecule has 0 aliphatic rings. The molecule has 0 spiro atoms. The first-order valence-electron chi connectivity index (χ1n) is 4.06. The summed E-state index contributed by atoms with van der Waals surface area (Å²) in [6.07, 6.45) is 0. The number of hydrogen-bond acceptors (Lipinski definition) is 4. The minimum atomic E-state index is -0.296. The third-order valence-electron chi connectivity index (χ3n) is 1.83. The van der Waals surface area contributed by atoms with E-state index in [9.17, 15) is 4.79 Å². The molecule has 0 fully saturated rings. The van der Waals surface area contributed by atoms with Crippen LogP contribution in [0, 0.1) is 0 Å². The summed E-state index contributed by atoms with van der Waals surface area (Å²) in [4.78, 5) is 11.4. The van der Waals surface area contributed by atoms with Gasteiger partial charge >= 0.3 is 0 Å². The van der Waals surface area contributed by atoms with Crippen LogP contribution in [0.3, 0.4) is 0 Å². The van der Waals surface area contributed by atoms with Crippen molar-refractivity contribution in [3.05, 3.63) is 29.8 Å². The van der Waals surface area contributed by atoms with Gasteiger partial charge in [0.2, 0.25) is 5.78 Å². The SMILES string of the molecule is COc1ccc(C(=O)C(C)=NO)cc1. The summed E-state index contributed by atoms with van der Waals surface area (Å²) in [5, 5.41) is 11.3. The lowest BCUT2D eigenvalue weighted by atomic mass is 10.1. The molecule has 1 rings (SSSR count). The van der Waals surface area contributed by atoms with E-state index in [4.69, 9.17) is 9.94 Å². The molecule has 74 valence electrons. The summed E-state index contributed by atoms with van der Waals surface area (Å²) in [6.45, 7) is 1.45. The van der Waals surface area contributed by atoms with Gasteiger partial charge in [0.25, 0.3) is 0 Å². The average molecular weight is 193 g/mol. The van der Waals surface area contributed by atoms with Crippen molar-refractivity contribution in [2.45, 2.75) is 6.92 Å². The molecule has 0 saturated carbocycles. The van der Waals surface area contributed by atoms with E-state index in [-0.39, 0.29) is 11.5 Å². The van der Waals surface area contributed by atoms with Crippen molar-refractivity contribution >= 4 is 11.5 Å². The third-order valence-corrected chi connectivity index (χ3v) is 1.83. The standard InChI is InChI=1S/C10H11NO3/c1-7(11-13)10(12)8-3-5-9(14-2)6-4-8/h3-6,13H,1-2H3. The van der Waals surface area contributed by atoms with Crippen LogP contribution in [0.5, 0.6) is 5.75 Å². The zero-order valence-corrected chi connectivity index (χ0v) is 8.02. The summed E-state index contributed by atoms with van der Waals surface area (Å²) in [5.74, 6) is 0.385. The quantitative estimate of drug-likeness (QED) is 0.344. The number of hydrogen-bond donors (Lipinski definition) is 1. The van der Waals surface area contributed by atoms with Gasteiger partial charge < -0.3 is 9.94 Å². The van der Waals surface area contributed by atoms with E-state index < -0.39 is 0 Å². The molecule has 0 amide bonds. The molecule has 0 heterocycles. The van der Waals surface area contributed by atoms with Crippen LogP contribution in [0.4, 0.5) is 0 Å². The molecular formula is C10H11NO3. The number of carbonyl (C=O) groups excluding carboxylic acids is 1. The van der Waals surface area contributed by atoms with E-state index in [0.29, 0.717) is 11.3 Å². The Balaban J connectivity index is 2.92. The number of rotatable bonds is 3. The molecule has 0 unspecified atom stereocenters.